The molecule has 1 aromatic heterocycles. The van der Waals surface area contributed by atoms with Crippen LogP contribution >= 0.6 is 11.3 Å². The summed E-state index contributed by atoms with van der Waals surface area (Å²) in [6.07, 6.45) is 4.01. The molecule has 1 aromatic rings. The summed E-state index contributed by atoms with van der Waals surface area (Å²) >= 11 is 1.42. The lowest BCUT2D eigenvalue weighted by molar-refractivity contribution is 0.0606. The quantitative estimate of drug-likeness (QED) is 0.610. The molecule has 0 saturated heterocycles. The Kier molecular flexibility index (Phi) is 1.27. The summed E-state index contributed by atoms with van der Waals surface area (Å²) in [7, 11) is 0. The molecule has 0 N–H and O–H groups in total. The molecule has 0 spiro atoms. The number of alkyl halides is 1. The van der Waals surface area contributed by atoms with Crippen LogP contribution in [0.15, 0.2) is 11.6 Å². The molecule has 0 radical (unpaired) electrons. The molecule has 0 amide bonds. The molecule has 1 saturated carbocycles. The van der Waals surface area contributed by atoms with Crippen molar-refractivity contribution in [3.05, 3.63) is 16.6 Å². The van der Waals surface area contributed by atoms with Crippen molar-refractivity contribution in [3.8, 4) is 0 Å². The lowest BCUT2D eigenvalue weighted by Crippen LogP contribution is -2.28. The van der Waals surface area contributed by atoms with E-state index in [-0.39, 0.29) is 0 Å². The van der Waals surface area contributed by atoms with E-state index < -0.39 is 5.67 Å². The molecule has 0 aliphatic heterocycles. The summed E-state index contributed by atoms with van der Waals surface area (Å²) in [6, 6.07) is 0. The van der Waals surface area contributed by atoms with Crippen molar-refractivity contribution in [2.45, 2.75) is 24.9 Å². The lowest BCUT2D eigenvalue weighted by atomic mass is 9.83. The van der Waals surface area contributed by atoms with Gasteiger partial charge in [-0.3, -0.25) is 0 Å². The smallest absolute Gasteiger partial charge is 0.162 e. The van der Waals surface area contributed by atoms with Crippen molar-refractivity contribution in [1.29, 1.82) is 0 Å². The number of hydrogen-bond donors (Lipinski definition) is 0. The maximum absolute atomic E-state index is 13.4. The average Bonchev–Trinajstić information content (AvgIpc) is 2.33. The van der Waals surface area contributed by atoms with E-state index in [9.17, 15) is 4.39 Å². The van der Waals surface area contributed by atoms with Gasteiger partial charge in [0.2, 0.25) is 0 Å². The average molecular weight is 157 g/mol. The molecular formula is C7H8FNS. The summed E-state index contributed by atoms with van der Waals surface area (Å²) in [5, 5.41) is 2.49. The molecule has 10 heavy (non-hydrogen) atoms. The van der Waals surface area contributed by atoms with Crippen LogP contribution in [0.4, 0.5) is 4.39 Å². The van der Waals surface area contributed by atoms with Crippen LogP contribution in [-0.2, 0) is 5.67 Å². The molecule has 0 atom stereocenters. The molecule has 3 heteroatoms. The number of aromatic nitrogens is 1. The van der Waals surface area contributed by atoms with Gasteiger partial charge in [0.25, 0.3) is 0 Å². The van der Waals surface area contributed by atoms with Crippen LogP contribution in [0.3, 0.4) is 0 Å². The van der Waals surface area contributed by atoms with Crippen LogP contribution in [-0.4, -0.2) is 4.98 Å². The molecule has 1 aliphatic rings. The van der Waals surface area contributed by atoms with Crippen LogP contribution in [0, 0.1) is 0 Å². The van der Waals surface area contributed by atoms with E-state index in [0.29, 0.717) is 17.8 Å². The molecule has 1 fully saturated rings. The van der Waals surface area contributed by atoms with E-state index in [0.717, 1.165) is 6.42 Å². The zero-order valence-electron chi connectivity index (χ0n) is 5.51. The number of thiazole rings is 1. The Balaban J connectivity index is 2.27. The first-order valence-electron chi connectivity index (χ1n) is 3.40. The number of nitrogens with zero attached hydrogens (tertiary/aromatic N) is 1. The monoisotopic (exact) mass is 157 g/mol. The minimum absolute atomic E-state index is 0.666. The predicted molar refractivity (Wildman–Crippen MR) is 38.8 cm³/mol. The first kappa shape index (κ1) is 6.28. The van der Waals surface area contributed by atoms with E-state index in [1.165, 1.54) is 11.3 Å². The van der Waals surface area contributed by atoms with Gasteiger partial charge in [0, 0.05) is 11.6 Å². The molecule has 0 aromatic carbocycles. The van der Waals surface area contributed by atoms with E-state index in [4.69, 9.17) is 0 Å². The number of hydrogen-bond acceptors (Lipinski definition) is 2. The summed E-state index contributed by atoms with van der Waals surface area (Å²) in [5.74, 6) is 0. The van der Waals surface area contributed by atoms with Gasteiger partial charge in [-0.15, -0.1) is 11.3 Å². The van der Waals surface area contributed by atoms with Crippen molar-refractivity contribution in [2.75, 3.05) is 0 Å². The molecule has 0 bridgehead atoms. The highest BCUT2D eigenvalue weighted by Gasteiger charge is 2.40. The van der Waals surface area contributed by atoms with Crippen molar-refractivity contribution >= 4 is 11.3 Å². The normalized spacial score (nSPS) is 22.1. The first-order chi connectivity index (χ1) is 4.81. The lowest BCUT2D eigenvalue weighted by Gasteiger charge is -2.31. The minimum atomic E-state index is -1.05. The van der Waals surface area contributed by atoms with Crippen LogP contribution in [0.25, 0.3) is 0 Å². The summed E-state index contributed by atoms with van der Waals surface area (Å²) in [4.78, 5) is 3.95. The third-order valence-corrected chi connectivity index (χ3v) is 2.91. The van der Waals surface area contributed by atoms with Gasteiger partial charge in [-0.05, 0) is 19.3 Å². The molecule has 1 aliphatic carbocycles. The van der Waals surface area contributed by atoms with Crippen molar-refractivity contribution in [1.82, 2.24) is 4.98 Å². The van der Waals surface area contributed by atoms with Crippen molar-refractivity contribution in [3.63, 3.8) is 0 Å². The Morgan fingerprint density at radius 2 is 2.40 bits per heavy atom. The Labute approximate surface area is 62.9 Å². The standard InChI is InChI=1S/C7H8FNS/c8-7(2-1-3-7)6-9-4-5-10-6/h4-5H,1-3H2. The minimum Gasteiger partial charge on any atom is -0.246 e. The zero-order valence-corrected chi connectivity index (χ0v) is 6.33. The largest absolute Gasteiger partial charge is 0.246 e. The number of rotatable bonds is 1. The van der Waals surface area contributed by atoms with E-state index in [2.05, 4.69) is 4.98 Å². The number of halogens is 1. The van der Waals surface area contributed by atoms with Gasteiger partial charge in [-0.2, -0.15) is 0 Å². The van der Waals surface area contributed by atoms with E-state index >= 15 is 0 Å². The van der Waals surface area contributed by atoms with Gasteiger partial charge < -0.3 is 0 Å². The van der Waals surface area contributed by atoms with Gasteiger partial charge in [0.05, 0.1) is 0 Å². The van der Waals surface area contributed by atoms with Gasteiger partial charge >= 0.3 is 0 Å². The summed E-state index contributed by atoms with van der Waals surface area (Å²) in [6.45, 7) is 0. The third kappa shape index (κ3) is 0.770. The van der Waals surface area contributed by atoms with Crippen LogP contribution in [0.1, 0.15) is 24.3 Å². The zero-order chi connectivity index (χ0) is 7.03. The highest BCUT2D eigenvalue weighted by molar-refractivity contribution is 7.09. The Morgan fingerprint density at radius 1 is 1.60 bits per heavy atom. The Morgan fingerprint density at radius 3 is 2.80 bits per heavy atom. The van der Waals surface area contributed by atoms with Gasteiger partial charge in [0.15, 0.2) is 5.67 Å². The maximum Gasteiger partial charge on any atom is 0.162 e. The molecule has 1 nitrogen and oxygen atoms in total. The van der Waals surface area contributed by atoms with E-state index in [1.54, 1.807) is 6.20 Å². The van der Waals surface area contributed by atoms with E-state index in [1.807, 2.05) is 5.38 Å². The summed E-state index contributed by atoms with van der Waals surface area (Å²) < 4.78 is 13.4. The summed E-state index contributed by atoms with van der Waals surface area (Å²) in [5.41, 5.74) is -1.05. The van der Waals surface area contributed by atoms with Gasteiger partial charge in [-0.1, -0.05) is 0 Å². The second kappa shape index (κ2) is 2.02. The molecule has 1 heterocycles. The highest BCUT2D eigenvalue weighted by Crippen LogP contribution is 2.45. The van der Waals surface area contributed by atoms with Crippen molar-refractivity contribution < 1.29 is 4.39 Å². The maximum atomic E-state index is 13.4. The fraction of sp³-hybridized carbons (Fsp3) is 0.571. The fourth-order valence-electron chi connectivity index (χ4n) is 1.15. The van der Waals surface area contributed by atoms with Crippen LogP contribution < -0.4 is 0 Å². The second-order valence-electron chi connectivity index (χ2n) is 2.66. The highest BCUT2D eigenvalue weighted by atomic mass is 32.1. The predicted octanol–water partition coefficient (Wildman–Crippen LogP) is 2.49. The first-order valence-corrected chi connectivity index (χ1v) is 4.28. The van der Waals surface area contributed by atoms with Gasteiger partial charge in [0.1, 0.15) is 5.01 Å². The second-order valence-corrected chi connectivity index (χ2v) is 3.55. The van der Waals surface area contributed by atoms with Gasteiger partial charge in [-0.25, -0.2) is 9.37 Å². The molecule has 2 rings (SSSR count). The molecule has 54 valence electrons. The SMILES string of the molecule is FC1(c2nccs2)CCC1. The molecule has 0 unspecified atom stereocenters. The molecular weight excluding hydrogens is 149 g/mol. The van der Waals surface area contributed by atoms with Crippen LogP contribution in [0.5, 0.6) is 0 Å². The fourth-order valence-corrected chi connectivity index (χ4v) is 1.93. The Bertz CT molecular complexity index is 216. The van der Waals surface area contributed by atoms with Crippen molar-refractivity contribution in [2.24, 2.45) is 0 Å². The van der Waals surface area contributed by atoms with Crippen LogP contribution in [0.2, 0.25) is 0 Å². The topological polar surface area (TPSA) is 12.9 Å². The Hall–Kier alpha value is -0.440. The third-order valence-electron chi connectivity index (χ3n) is 1.96.